The predicted octanol–water partition coefficient (Wildman–Crippen LogP) is 3.13. The molecule has 1 aromatic carbocycles. The first-order chi connectivity index (χ1) is 10.1. The van der Waals surface area contributed by atoms with E-state index in [0.717, 1.165) is 11.6 Å². The molecule has 110 valence electrons. The molecule has 2 aromatic rings. The van der Waals surface area contributed by atoms with Crippen LogP contribution in [0.3, 0.4) is 0 Å². The summed E-state index contributed by atoms with van der Waals surface area (Å²) in [4.78, 5) is 15.8. The third kappa shape index (κ3) is 4.43. The number of nitrogens with one attached hydrogen (secondary N) is 1. The molecule has 2 rings (SSSR count). The number of hydrogen-bond donors (Lipinski definition) is 1. The number of halogens is 2. The van der Waals surface area contributed by atoms with Gasteiger partial charge in [0.1, 0.15) is 11.6 Å². The Bertz CT molecular complexity index is 622. The van der Waals surface area contributed by atoms with Gasteiger partial charge in [0, 0.05) is 12.4 Å². The molecule has 0 saturated carbocycles. The Hall–Kier alpha value is -2.14. The van der Waals surface area contributed by atoms with Crippen LogP contribution < -0.4 is 10.1 Å². The van der Waals surface area contributed by atoms with Gasteiger partial charge in [0.25, 0.3) is 5.91 Å². The zero-order valence-corrected chi connectivity index (χ0v) is 12.1. The molecule has 0 saturated heterocycles. The van der Waals surface area contributed by atoms with Gasteiger partial charge in [0.05, 0.1) is 11.1 Å². The van der Waals surface area contributed by atoms with E-state index in [1.807, 2.05) is 13.0 Å². The smallest absolute Gasteiger partial charge is 0.258 e. The molecule has 0 fully saturated rings. The van der Waals surface area contributed by atoms with Crippen LogP contribution in [0.15, 0.2) is 42.7 Å². The summed E-state index contributed by atoms with van der Waals surface area (Å²) in [6.07, 6.45) is 3.35. The highest BCUT2D eigenvalue weighted by atomic mass is 35.5. The Morgan fingerprint density at radius 1 is 1.48 bits per heavy atom. The molecule has 0 aliphatic heterocycles. The molecule has 0 radical (unpaired) electrons. The lowest BCUT2D eigenvalue weighted by molar-refractivity contribution is -0.123. The molecule has 6 heteroatoms. The number of rotatable bonds is 5. The Labute approximate surface area is 126 Å². The fourth-order valence-corrected chi connectivity index (χ4v) is 1.96. The lowest BCUT2D eigenvalue weighted by Gasteiger charge is -2.14. The van der Waals surface area contributed by atoms with E-state index in [2.05, 4.69) is 10.3 Å². The number of aromatic nitrogens is 1. The van der Waals surface area contributed by atoms with E-state index in [-0.39, 0.29) is 29.3 Å². The number of pyridine rings is 1. The summed E-state index contributed by atoms with van der Waals surface area (Å²) in [5.41, 5.74) is 0.894. The number of carbonyl (C=O) groups is 1. The Balaban J connectivity index is 1.87. The first-order valence-corrected chi connectivity index (χ1v) is 6.71. The number of benzene rings is 1. The second kappa shape index (κ2) is 7.04. The third-order valence-electron chi connectivity index (χ3n) is 2.81. The van der Waals surface area contributed by atoms with Crippen LogP contribution in [0.5, 0.6) is 5.75 Å². The normalized spacial score (nSPS) is 11.8. The SMILES string of the molecule is C[C@@H](NC(=O)COc1ccc(F)cc1Cl)c1cccnc1. The van der Waals surface area contributed by atoms with Crippen molar-refractivity contribution in [2.45, 2.75) is 13.0 Å². The standard InChI is InChI=1S/C15H14ClFN2O2/c1-10(11-3-2-6-18-8-11)19-15(20)9-21-14-5-4-12(17)7-13(14)16/h2-8,10H,9H2,1H3,(H,19,20)/t10-/m1/s1. The van der Waals surface area contributed by atoms with E-state index in [9.17, 15) is 9.18 Å². The Morgan fingerprint density at radius 2 is 2.29 bits per heavy atom. The zero-order valence-electron chi connectivity index (χ0n) is 11.3. The highest BCUT2D eigenvalue weighted by Crippen LogP contribution is 2.24. The molecule has 1 N–H and O–H groups in total. The van der Waals surface area contributed by atoms with Crippen molar-refractivity contribution in [3.8, 4) is 5.75 Å². The first kappa shape index (κ1) is 15.3. The second-order valence-electron chi connectivity index (χ2n) is 4.44. The molecule has 0 unspecified atom stereocenters. The Morgan fingerprint density at radius 3 is 2.95 bits per heavy atom. The van der Waals surface area contributed by atoms with Crippen molar-refractivity contribution in [2.75, 3.05) is 6.61 Å². The van der Waals surface area contributed by atoms with Crippen LogP contribution in [-0.2, 0) is 4.79 Å². The molecule has 0 aliphatic carbocycles. The summed E-state index contributed by atoms with van der Waals surface area (Å²) in [6, 6.07) is 7.22. The van der Waals surface area contributed by atoms with Crippen LogP contribution in [0.25, 0.3) is 0 Å². The lowest BCUT2D eigenvalue weighted by Crippen LogP contribution is -2.31. The maximum Gasteiger partial charge on any atom is 0.258 e. The van der Waals surface area contributed by atoms with Gasteiger partial charge in [0.2, 0.25) is 0 Å². The average molecular weight is 309 g/mol. The van der Waals surface area contributed by atoms with Crippen molar-refractivity contribution < 1.29 is 13.9 Å². The van der Waals surface area contributed by atoms with Gasteiger partial charge in [-0.2, -0.15) is 0 Å². The molecule has 0 bridgehead atoms. The van der Waals surface area contributed by atoms with E-state index in [0.29, 0.717) is 0 Å². The van der Waals surface area contributed by atoms with Crippen LogP contribution in [0, 0.1) is 5.82 Å². The van der Waals surface area contributed by atoms with Crippen molar-refractivity contribution in [1.29, 1.82) is 0 Å². The monoisotopic (exact) mass is 308 g/mol. The highest BCUT2D eigenvalue weighted by Gasteiger charge is 2.11. The number of hydrogen-bond acceptors (Lipinski definition) is 3. The van der Waals surface area contributed by atoms with Gasteiger partial charge in [-0.05, 0) is 36.8 Å². The number of amides is 1. The maximum atomic E-state index is 12.9. The molecule has 4 nitrogen and oxygen atoms in total. The zero-order chi connectivity index (χ0) is 15.2. The fraction of sp³-hybridized carbons (Fsp3) is 0.200. The third-order valence-corrected chi connectivity index (χ3v) is 3.11. The summed E-state index contributed by atoms with van der Waals surface area (Å²) in [7, 11) is 0. The largest absolute Gasteiger partial charge is 0.482 e. The van der Waals surface area contributed by atoms with Crippen molar-refractivity contribution >= 4 is 17.5 Å². The quantitative estimate of drug-likeness (QED) is 0.923. The van der Waals surface area contributed by atoms with Crippen molar-refractivity contribution in [2.24, 2.45) is 0 Å². The molecule has 1 atom stereocenters. The first-order valence-electron chi connectivity index (χ1n) is 6.33. The van der Waals surface area contributed by atoms with Crippen LogP contribution in [0.2, 0.25) is 5.02 Å². The number of nitrogens with zero attached hydrogens (tertiary/aromatic N) is 1. The maximum absolute atomic E-state index is 12.9. The van der Waals surface area contributed by atoms with Gasteiger partial charge in [-0.3, -0.25) is 9.78 Å². The molecule has 1 amide bonds. The highest BCUT2D eigenvalue weighted by molar-refractivity contribution is 6.32. The van der Waals surface area contributed by atoms with Crippen LogP contribution in [-0.4, -0.2) is 17.5 Å². The minimum atomic E-state index is -0.456. The van der Waals surface area contributed by atoms with Gasteiger partial charge in [-0.15, -0.1) is 0 Å². The van der Waals surface area contributed by atoms with Gasteiger partial charge in [-0.1, -0.05) is 17.7 Å². The van der Waals surface area contributed by atoms with Gasteiger partial charge < -0.3 is 10.1 Å². The van der Waals surface area contributed by atoms with E-state index >= 15 is 0 Å². The average Bonchev–Trinajstić information content (AvgIpc) is 2.47. The van der Waals surface area contributed by atoms with Crippen LogP contribution in [0.4, 0.5) is 4.39 Å². The van der Waals surface area contributed by atoms with Crippen LogP contribution >= 0.6 is 11.6 Å². The van der Waals surface area contributed by atoms with Crippen LogP contribution in [0.1, 0.15) is 18.5 Å². The summed E-state index contributed by atoms with van der Waals surface area (Å²) in [5, 5.41) is 2.90. The number of ether oxygens (including phenoxy) is 1. The van der Waals surface area contributed by atoms with Crippen molar-refractivity contribution in [3.05, 3.63) is 59.1 Å². The molecule has 21 heavy (non-hydrogen) atoms. The van der Waals surface area contributed by atoms with E-state index in [1.165, 1.54) is 12.1 Å². The van der Waals surface area contributed by atoms with Crippen molar-refractivity contribution in [3.63, 3.8) is 0 Å². The minimum absolute atomic E-state index is 0.128. The van der Waals surface area contributed by atoms with Gasteiger partial charge >= 0.3 is 0 Å². The number of carbonyl (C=O) groups excluding carboxylic acids is 1. The van der Waals surface area contributed by atoms with Gasteiger partial charge in [0.15, 0.2) is 6.61 Å². The topological polar surface area (TPSA) is 51.2 Å². The van der Waals surface area contributed by atoms with E-state index < -0.39 is 5.82 Å². The summed E-state index contributed by atoms with van der Waals surface area (Å²) in [6.45, 7) is 1.65. The molecule has 0 aliphatic rings. The minimum Gasteiger partial charge on any atom is -0.482 e. The summed E-state index contributed by atoms with van der Waals surface area (Å²) in [5.74, 6) is -0.490. The van der Waals surface area contributed by atoms with E-state index in [1.54, 1.807) is 18.5 Å². The summed E-state index contributed by atoms with van der Waals surface area (Å²) < 4.78 is 18.1. The molecule has 1 heterocycles. The molecular formula is C15H14ClFN2O2. The molecular weight excluding hydrogens is 295 g/mol. The van der Waals surface area contributed by atoms with E-state index in [4.69, 9.17) is 16.3 Å². The second-order valence-corrected chi connectivity index (χ2v) is 4.85. The van der Waals surface area contributed by atoms with Gasteiger partial charge in [-0.25, -0.2) is 4.39 Å². The van der Waals surface area contributed by atoms with Crippen molar-refractivity contribution in [1.82, 2.24) is 10.3 Å². The predicted molar refractivity (Wildman–Crippen MR) is 77.7 cm³/mol. The molecule has 1 aromatic heterocycles. The Kier molecular flexibility index (Phi) is 5.11. The fourth-order valence-electron chi connectivity index (χ4n) is 1.73. The lowest BCUT2D eigenvalue weighted by atomic mass is 10.1. The molecule has 0 spiro atoms. The summed E-state index contributed by atoms with van der Waals surface area (Å²) >= 11 is 5.81.